The molecule has 3 rings (SSSR count). The second kappa shape index (κ2) is 8.77. The van der Waals surface area contributed by atoms with Gasteiger partial charge in [-0.3, -0.25) is 9.89 Å². The first kappa shape index (κ1) is 18.3. The van der Waals surface area contributed by atoms with Gasteiger partial charge in [-0.05, 0) is 64.3 Å². The highest BCUT2D eigenvalue weighted by Crippen LogP contribution is 2.31. The van der Waals surface area contributed by atoms with Crippen molar-refractivity contribution >= 4 is 17.7 Å². The number of hydrogen-bond acceptors (Lipinski definition) is 4. The van der Waals surface area contributed by atoms with Crippen molar-refractivity contribution in [2.45, 2.75) is 61.8 Å². The van der Waals surface area contributed by atoms with E-state index < -0.39 is 0 Å². The Labute approximate surface area is 151 Å². The Morgan fingerprint density at radius 1 is 1.25 bits per heavy atom. The summed E-state index contributed by atoms with van der Waals surface area (Å²) in [5.74, 6) is 0.979. The van der Waals surface area contributed by atoms with E-state index in [1.807, 2.05) is 18.8 Å². The maximum Gasteiger partial charge on any atom is 0.191 e. The lowest BCUT2D eigenvalue weighted by molar-refractivity contribution is -0.0164. The SMILES string of the molecule is CN=C(NCC1(N2CCCC2)CCOCC1)NC1CCC(SC)C1. The molecule has 138 valence electrons. The van der Waals surface area contributed by atoms with Crippen molar-refractivity contribution in [2.24, 2.45) is 4.99 Å². The maximum atomic E-state index is 5.65. The van der Waals surface area contributed by atoms with E-state index in [4.69, 9.17) is 4.74 Å². The first-order valence-electron chi connectivity index (χ1n) is 9.58. The van der Waals surface area contributed by atoms with Gasteiger partial charge in [-0.1, -0.05) is 0 Å². The Hall–Kier alpha value is -0.460. The standard InChI is InChI=1S/C18H34N4OS/c1-19-17(21-15-5-6-16(13-15)24-2)20-14-18(7-11-23-12-8-18)22-9-3-4-10-22/h15-16H,3-14H2,1-2H3,(H2,19,20,21). The van der Waals surface area contributed by atoms with E-state index in [2.05, 4.69) is 26.8 Å². The molecule has 2 aliphatic heterocycles. The first-order valence-corrected chi connectivity index (χ1v) is 10.9. The number of thioether (sulfide) groups is 1. The molecule has 0 aromatic rings. The number of nitrogens with one attached hydrogen (secondary N) is 2. The average Bonchev–Trinajstić information content (AvgIpc) is 3.31. The molecule has 0 aromatic carbocycles. The van der Waals surface area contributed by atoms with E-state index in [1.54, 1.807) is 0 Å². The Kier molecular flexibility index (Phi) is 6.70. The van der Waals surface area contributed by atoms with Gasteiger partial charge in [0.2, 0.25) is 0 Å². The van der Waals surface area contributed by atoms with E-state index in [-0.39, 0.29) is 5.54 Å². The maximum absolute atomic E-state index is 5.65. The van der Waals surface area contributed by atoms with Crippen LogP contribution in [0, 0.1) is 0 Å². The number of nitrogens with zero attached hydrogens (tertiary/aromatic N) is 2. The normalized spacial score (nSPS) is 31.3. The van der Waals surface area contributed by atoms with Crippen LogP contribution < -0.4 is 10.6 Å². The van der Waals surface area contributed by atoms with Gasteiger partial charge < -0.3 is 15.4 Å². The van der Waals surface area contributed by atoms with E-state index >= 15 is 0 Å². The molecule has 0 aromatic heterocycles. The molecule has 2 heterocycles. The van der Waals surface area contributed by atoms with Crippen molar-refractivity contribution in [1.29, 1.82) is 0 Å². The van der Waals surface area contributed by atoms with Crippen molar-refractivity contribution in [2.75, 3.05) is 46.2 Å². The van der Waals surface area contributed by atoms with Gasteiger partial charge in [-0.25, -0.2) is 0 Å². The third-order valence-electron chi connectivity index (χ3n) is 6.07. The van der Waals surface area contributed by atoms with Crippen LogP contribution in [0.4, 0.5) is 0 Å². The molecular formula is C18H34N4OS. The van der Waals surface area contributed by atoms with Gasteiger partial charge in [0.05, 0.1) is 0 Å². The van der Waals surface area contributed by atoms with Crippen molar-refractivity contribution in [1.82, 2.24) is 15.5 Å². The molecule has 3 aliphatic rings. The molecule has 0 bridgehead atoms. The van der Waals surface area contributed by atoms with E-state index in [1.165, 1.54) is 45.2 Å². The highest BCUT2D eigenvalue weighted by atomic mass is 32.2. The number of ether oxygens (including phenoxy) is 1. The summed E-state index contributed by atoms with van der Waals surface area (Å²) in [6.45, 7) is 5.25. The molecule has 0 amide bonds. The average molecular weight is 355 g/mol. The Morgan fingerprint density at radius 2 is 2.00 bits per heavy atom. The molecular weight excluding hydrogens is 320 g/mol. The summed E-state index contributed by atoms with van der Waals surface area (Å²) in [6, 6.07) is 0.575. The lowest BCUT2D eigenvalue weighted by Crippen LogP contribution is -2.59. The predicted molar refractivity (Wildman–Crippen MR) is 103 cm³/mol. The minimum Gasteiger partial charge on any atom is -0.381 e. The summed E-state index contributed by atoms with van der Waals surface area (Å²) in [7, 11) is 1.89. The van der Waals surface area contributed by atoms with Gasteiger partial charge in [0.25, 0.3) is 0 Å². The summed E-state index contributed by atoms with van der Waals surface area (Å²) in [4.78, 5) is 7.19. The van der Waals surface area contributed by atoms with Crippen LogP contribution in [0.2, 0.25) is 0 Å². The first-order chi connectivity index (χ1) is 11.8. The number of hydrogen-bond donors (Lipinski definition) is 2. The molecule has 0 spiro atoms. The molecule has 5 nitrogen and oxygen atoms in total. The molecule has 3 fully saturated rings. The third kappa shape index (κ3) is 4.38. The van der Waals surface area contributed by atoms with Crippen LogP contribution in [0.3, 0.4) is 0 Å². The van der Waals surface area contributed by atoms with Crippen molar-refractivity contribution in [3.63, 3.8) is 0 Å². The van der Waals surface area contributed by atoms with E-state index in [0.29, 0.717) is 6.04 Å². The second-order valence-electron chi connectivity index (χ2n) is 7.47. The van der Waals surface area contributed by atoms with Gasteiger partial charge in [0.1, 0.15) is 0 Å². The molecule has 2 unspecified atom stereocenters. The summed E-state index contributed by atoms with van der Waals surface area (Å²) >= 11 is 2.00. The summed E-state index contributed by atoms with van der Waals surface area (Å²) in [6.07, 6.45) is 11.0. The Bertz CT molecular complexity index is 419. The van der Waals surface area contributed by atoms with Crippen LogP contribution >= 0.6 is 11.8 Å². The topological polar surface area (TPSA) is 48.9 Å². The molecule has 1 aliphatic carbocycles. The van der Waals surface area contributed by atoms with Gasteiger partial charge in [0.15, 0.2) is 5.96 Å². The van der Waals surface area contributed by atoms with Gasteiger partial charge in [-0.2, -0.15) is 11.8 Å². The number of likely N-dealkylation sites (tertiary alicyclic amines) is 1. The van der Waals surface area contributed by atoms with Gasteiger partial charge in [0, 0.05) is 43.6 Å². The third-order valence-corrected chi connectivity index (χ3v) is 7.16. The molecule has 1 saturated carbocycles. The highest BCUT2D eigenvalue weighted by Gasteiger charge is 2.39. The van der Waals surface area contributed by atoms with Crippen molar-refractivity contribution < 1.29 is 4.74 Å². The molecule has 24 heavy (non-hydrogen) atoms. The Morgan fingerprint density at radius 3 is 2.62 bits per heavy atom. The van der Waals surface area contributed by atoms with E-state index in [9.17, 15) is 0 Å². The summed E-state index contributed by atoms with van der Waals surface area (Å²) < 4.78 is 5.65. The zero-order valence-corrected chi connectivity index (χ0v) is 16.2. The second-order valence-corrected chi connectivity index (χ2v) is 8.61. The van der Waals surface area contributed by atoms with Crippen LogP contribution in [-0.2, 0) is 4.74 Å². The van der Waals surface area contributed by atoms with Gasteiger partial charge in [-0.15, -0.1) is 0 Å². The molecule has 0 radical (unpaired) electrons. The fourth-order valence-corrected chi connectivity index (χ4v) is 5.27. The minimum absolute atomic E-state index is 0.254. The smallest absolute Gasteiger partial charge is 0.191 e. The fraction of sp³-hybridized carbons (Fsp3) is 0.944. The zero-order chi connectivity index (χ0) is 16.8. The van der Waals surface area contributed by atoms with E-state index in [0.717, 1.165) is 43.8 Å². The van der Waals surface area contributed by atoms with Crippen LogP contribution in [-0.4, -0.2) is 73.8 Å². The molecule has 2 N–H and O–H groups in total. The summed E-state index contributed by atoms with van der Waals surface area (Å²) in [5, 5.41) is 8.12. The monoisotopic (exact) mass is 354 g/mol. The fourth-order valence-electron chi connectivity index (χ4n) is 4.47. The van der Waals surface area contributed by atoms with Crippen molar-refractivity contribution in [3.8, 4) is 0 Å². The lowest BCUT2D eigenvalue weighted by Gasteiger charge is -2.45. The number of guanidine groups is 1. The van der Waals surface area contributed by atoms with Crippen LogP contribution in [0.25, 0.3) is 0 Å². The van der Waals surface area contributed by atoms with Crippen LogP contribution in [0.1, 0.15) is 44.9 Å². The quantitative estimate of drug-likeness (QED) is 0.585. The predicted octanol–water partition coefficient (Wildman–Crippen LogP) is 2.08. The molecule has 2 atom stereocenters. The molecule has 2 saturated heterocycles. The number of rotatable bonds is 5. The largest absolute Gasteiger partial charge is 0.381 e. The van der Waals surface area contributed by atoms with Crippen molar-refractivity contribution in [3.05, 3.63) is 0 Å². The zero-order valence-electron chi connectivity index (χ0n) is 15.4. The number of aliphatic imine (C=N–C) groups is 1. The lowest BCUT2D eigenvalue weighted by atomic mass is 9.88. The molecule has 6 heteroatoms. The Balaban J connectivity index is 1.54. The van der Waals surface area contributed by atoms with Gasteiger partial charge >= 0.3 is 0 Å². The minimum atomic E-state index is 0.254. The van der Waals surface area contributed by atoms with Crippen LogP contribution in [0.15, 0.2) is 4.99 Å². The van der Waals surface area contributed by atoms with Crippen LogP contribution in [0.5, 0.6) is 0 Å². The summed E-state index contributed by atoms with van der Waals surface area (Å²) in [5.41, 5.74) is 0.254. The highest BCUT2D eigenvalue weighted by molar-refractivity contribution is 7.99.